The molecule has 0 aliphatic rings. The number of hydrogen-bond acceptors (Lipinski definition) is 2. The molecule has 0 aliphatic heterocycles. The van der Waals surface area contributed by atoms with Gasteiger partial charge in [-0.15, -0.1) is 5.69 Å². The van der Waals surface area contributed by atoms with Gasteiger partial charge in [0.1, 0.15) is 11.6 Å². The van der Waals surface area contributed by atoms with E-state index in [-0.39, 0.29) is 46.7 Å². The van der Waals surface area contributed by atoms with Crippen LogP contribution in [0.15, 0.2) is 48.5 Å². The van der Waals surface area contributed by atoms with Crippen LogP contribution in [0.1, 0.15) is 56.2 Å². The van der Waals surface area contributed by atoms with Crippen LogP contribution in [0.4, 0.5) is 33.3 Å². The van der Waals surface area contributed by atoms with Crippen LogP contribution in [0.2, 0.25) is 0 Å². The number of nitrogens with zero attached hydrogens (tertiary/aromatic N) is 3. The zero-order valence-corrected chi connectivity index (χ0v) is 26.9. The fraction of sp³-hybridized carbons (Fsp3) is 0.419. The number of likely N-dealkylation sites (N-methyl/N-ethyl adjacent to an activating group) is 2. The third-order valence-electron chi connectivity index (χ3n) is 5.69. The van der Waals surface area contributed by atoms with Gasteiger partial charge in [0.15, 0.2) is 17.5 Å². The molecule has 0 heterocycles. The molecule has 0 N–H and O–H groups in total. The molecule has 3 aromatic rings. The SMILES string of the molecule is CC(C)c1cccc(C(C)C)c1[N-]c1c(F)c(F)c(F)c(F)c1F.CN(C)CCN(C)C.Cc1ccccc1.[Cl-].[Co+2]. The van der Waals surface area contributed by atoms with Crippen LogP contribution in [0, 0.1) is 36.0 Å². The molecule has 0 saturated carbocycles. The molecule has 0 atom stereocenters. The molecule has 0 fully saturated rings. The molecular formula is C31H41ClCoF5N3. The van der Waals surface area contributed by atoms with E-state index < -0.39 is 34.8 Å². The Bertz CT molecular complexity index is 1110. The van der Waals surface area contributed by atoms with Crippen molar-refractivity contribution in [2.75, 3.05) is 41.3 Å². The number of rotatable bonds is 7. The van der Waals surface area contributed by atoms with Crippen molar-refractivity contribution in [1.82, 2.24) is 9.80 Å². The summed E-state index contributed by atoms with van der Waals surface area (Å²) in [5.41, 5.74) is 1.74. The minimum atomic E-state index is -2.19. The number of hydrogen-bond donors (Lipinski definition) is 0. The summed E-state index contributed by atoms with van der Waals surface area (Å²) in [5.74, 6) is -10.1. The van der Waals surface area contributed by atoms with Gasteiger partial charge in [0.2, 0.25) is 0 Å². The van der Waals surface area contributed by atoms with Crippen molar-refractivity contribution in [1.29, 1.82) is 0 Å². The van der Waals surface area contributed by atoms with E-state index in [1.165, 1.54) is 5.56 Å². The Balaban J connectivity index is 0. The molecule has 231 valence electrons. The molecular weight excluding hydrogens is 604 g/mol. The molecule has 1 radical (unpaired) electrons. The minimum Gasteiger partial charge on any atom is -1.00 e. The maximum absolute atomic E-state index is 13.9. The predicted octanol–water partition coefficient (Wildman–Crippen LogP) is 6.07. The largest absolute Gasteiger partial charge is 2.00 e. The standard InChI is InChI=1S/C18H17F5N.C7H8.C6H16N2.ClH.Co/c1-8(2)10-6-5-7-11(9(3)4)17(10)24-18-15(22)13(20)12(19)14(21)16(18)23;1-7-5-3-2-4-6-7;1-7(2)5-6-8(3)4;;/h5-9H,1-4H3;2-6H,1H3;5-6H2,1-4H3;1H;/q-1;;;;+2/p-1. The minimum absolute atomic E-state index is 0. The number of para-hydroxylation sites is 1. The van der Waals surface area contributed by atoms with Gasteiger partial charge in [-0.2, -0.15) is 0 Å². The van der Waals surface area contributed by atoms with Crippen LogP contribution in [-0.2, 0) is 16.8 Å². The van der Waals surface area contributed by atoms with E-state index in [9.17, 15) is 22.0 Å². The summed E-state index contributed by atoms with van der Waals surface area (Å²) in [5, 5.41) is 3.85. The second-order valence-corrected chi connectivity index (χ2v) is 10.4. The van der Waals surface area contributed by atoms with Crippen LogP contribution in [0.3, 0.4) is 0 Å². The Morgan fingerprint density at radius 3 is 1.24 bits per heavy atom. The summed E-state index contributed by atoms with van der Waals surface area (Å²) < 4.78 is 67.9. The van der Waals surface area contributed by atoms with Gasteiger partial charge in [-0.3, -0.25) is 0 Å². The molecule has 0 unspecified atom stereocenters. The Labute approximate surface area is 259 Å². The Hall–Kier alpha value is -2.17. The van der Waals surface area contributed by atoms with E-state index >= 15 is 0 Å². The van der Waals surface area contributed by atoms with E-state index in [2.05, 4.69) is 62.4 Å². The molecule has 0 saturated heterocycles. The first-order chi connectivity index (χ1) is 18.2. The van der Waals surface area contributed by atoms with Crippen LogP contribution < -0.4 is 12.4 Å². The maximum Gasteiger partial charge on any atom is 2.00 e. The molecule has 10 heteroatoms. The van der Waals surface area contributed by atoms with Crippen molar-refractivity contribution in [3.05, 3.63) is 99.6 Å². The van der Waals surface area contributed by atoms with Crippen molar-refractivity contribution in [2.24, 2.45) is 0 Å². The first kappa shape index (κ1) is 41.0. The molecule has 0 bridgehead atoms. The van der Waals surface area contributed by atoms with Gasteiger partial charge in [-0.05, 0) is 47.0 Å². The number of benzene rings is 3. The Morgan fingerprint density at radius 2 is 0.951 bits per heavy atom. The van der Waals surface area contributed by atoms with Crippen molar-refractivity contribution in [3.63, 3.8) is 0 Å². The van der Waals surface area contributed by atoms with Gasteiger partial charge >= 0.3 is 16.8 Å². The molecule has 3 aromatic carbocycles. The molecule has 0 aliphatic carbocycles. The summed E-state index contributed by atoms with van der Waals surface area (Å²) in [4.78, 5) is 4.36. The topological polar surface area (TPSA) is 20.6 Å². The first-order valence-corrected chi connectivity index (χ1v) is 12.9. The molecule has 0 amide bonds. The number of aryl methyl sites for hydroxylation is 1. The Morgan fingerprint density at radius 1 is 0.585 bits per heavy atom. The smallest absolute Gasteiger partial charge is 1.00 e. The van der Waals surface area contributed by atoms with E-state index in [4.69, 9.17) is 0 Å². The third-order valence-corrected chi connectivity index (χ3v) is 5.69. The van der Waals surface area contributed by atoms with Crippen LogP contribution in [0.5, 0.6) is 0 Å². The van der Waals surface area contributed by atoms with Crippen molar-refractivity contribution in [2.45, 2.75) is 46.5 Å². The summed E-state index contributed by atoms with van der Waals surface area (Å²) in [6.45, 7) is 11.8. The molecule has 3 nitrogen and oxygen atoms in total. The van der Waals surface area contributed by atoms with Crippen molar-refractivity contribution in [3.8, 4) is 0 Å². The predicted molar refractivity (Wildman–Crippen MR) is 152 cm³/mol. The van der Waals surface area contributed by atoms with Crippen LogP contribution >= 0.6 is 0 Å². The quantitative estimate of drug-likeness (QED) is 0.177. The van der Waals surface area contributed by atoms with E-state index in [0.29, 0.717) is 11.1 Å². The monoisotopic (exact) mass is 644 g/mol. The maximum atomic E-state index is 13.9. The molecule has 41 heavy (non-hydrogen) atoms. The molecule has 0 spiro atoms. The molecule has 0 aromatic heterocycles. The molecule has 3 rings (SSSR count). The average Bonchev–Trinajstić information content (AvgIpc) is 2.88. The van der Waals surface area contributed by atoms with Gasteiger partial charge in [0, 0.05) is 13.1 Å². The summed E-state index contributed by atoms with van der Waals surface area (Å²) in [6.07, 6.45) is 0. The van der Waals surface area contributed by atoms with Crippen molar-refractivity contribution >= 4 is 11.4 Å². The van der Waals surface area contributed by atoms with Crippen molar-refractivity contribution < 1.29 is 51.1 Å². The van der Waals surface area contributed by atoms with Crippen LogP contribution in [0.25, 0.3) is 5.32 Å². The van der Waals surface area contributed by atoms with Gasteiger partial charge in [0.25, 0.3) is 0 Å². The average molecular weight is 645 g/mol. The fourth-order valence-electron chi connectivity index (χ4n) is 3.38. The van der Waals surface area contributed by atoms with Gasteiger partial charge in [-0.1, -0.05) is 98.6 Å². The summed E-state index contributed by atoms with van der Waals surface area (Å²) in [7, 11) is 8.35. The van der Waals surface area contributed by atoms with Gasteiger partial charge in [-0.25, -0.2) is 22.0 Å². The van der Waals surface area contributed by atoms with Crippen LogP contribution in [-0.4, -0.2) is 51.1 Å². The fourth-order valence-corrected chi connectivity index (χ4v) is 3.38. The van der Waals surface area contributed by atoms with E-state index in [1.807, 2.05) is 45.9 Å². The first-order valence-electron chi connectivity index (χ1n) is 12.9. The van der Waals surface area contributed by atoms with Gasteiger partial charge in [0.05, 0.1) is 0 Å². The normalized spacial score (nSPS) is 10.4. The zero-order valence-electron chi connectivity index (χ0n) is 25.1. The van der Waals surface area contributed by atoms with Gasteiger partial charge < -0.3 is 27.5 Å². The summed E-state index contributed by atoms with van der Waals surface area (Å²) in [6, 6.07) is 15.5. The second-order valence-electron chi connectivity index (χ2n) is 10.4. The Kier molecular flexibility index (Phi) is 19.8. The number of halogens is 6. The zero-order chi connectivity index (χ0) is 29.9. The summed E-state index contributed by atoms with van der Waals surface area (Å²) >= 11 is 0. The second kappa shape index (κ2) is 19.9. The van der Waals surface area contributed by atoms with E-state index in [1.54, 1.807) is 18.2 Å². The third kappa shape index (κ3) is 13.1. The van der Waals surface area contributed by atoms with E-state index in [0.717, 1.165) is 13.1 Å².